The summed E-state index contributed by atoms with van der Waals surface area (Å²) in [5.41, 5.74) is 1.17. The van der Waals surface area contributed by atoms with Crippen LogP contribution in [0.25, 0.3) is 0 Å². The molecule has 0 radical (unpaired) electrons. The topological polar surface area (TPSA) is 79.0 Å². The van der Waals surface area contributed by atoms with Gasteiger partial charge in [0.15, 0.2) is 0 Å². The number of nitrogens with one attached hydrogen (secondary N) is 1. The molecular weight excluding hydrogens is 390 g/mol. The molecule has 3 fully saturated rings. The fourth-order valence-corrected chi connectivity index (χ4v) is 6.35. The Morgan fingerprint density at radius 2 is 1.90 bits per heavy atom. The number of hydrogen-bond acceptors (Lipinski definition) is 4. The highest BCUT2D eigenvalue weighted by atomic mass is 32.2. The fourth-order valence-electron chi connectivity index (χ4n) is 4.48. The van der Waals surface area contributed by atoms with Gasteiger partial charge < -0.3 is 15.0 Å². The van der Waals surface area contributed by atoms with Crippen LogP contribution in [0.1, 0.15) is 44.1 Å². The number of urea groups is 1. The first-order valence-electron chi connectivity index (χ1n) is 10.7. The first kappa shape index (κ1) is 20.5. The Labute approximate surface area is 173 Å². The molecule has 1 aromatic rings. The van der Waals surface area contributed by atoms with Crippen LogP contribution in [0.4, 0.5) is 4.79 Å². The van der Waals surface area contributed by atoms with E-state index in [4.69, 9.17) is 4.74 Å². The van der Waals surface area contributed by atoms with E-state index in [1.807, 2.05) is 23.1 Å². The summed E-state index contributed by atoms with van der Waals surface area (Å²) in [6.07, 6.45) is 5.80. The van der Waals surface area contributed by atoms with Gasteiger partial charge in [-0.05, 0) is 62.6 Å². The summed E-state index contributed by atoms with van der Waals surface area (Å²) in [5, 5.41) is 3.00. The maximum atomic E-state index is 12.9. The molecule has 1 aliphatic carbocycles. The number of carbonyl (C=O) groups is 1. The largest absolute Gasteiger partial charge is 0.497 e. The Hall–Kier alpha value is -1.80. The normalized spacial score (nSPS) is 23.9. The Bertz CT molecular complexity index is 832. The molecule has 3 aliphatic rings. The summed E-state index contributed by atoms with van der Waals surface area (Å²) >= 11 is 0. The van der Waals surface area contributed by atoms with Gasteiger partial charge >= 0.3 is 6.03 Å². The van der Waals surface area contributed by atoms with Crippen LogP contribution < -0.4 is 10.1 Å². The molecule has 29 heavy (non-hydrogen) atoms. The van der Waals surface area contributed by atoms with Crippen molar-refractivity contribution in [2.45, 2.75) is 62.3 Å². The maximum absolute atomic E-state index is 12.9. The van der Waals surface area contributed by atoms with Crippen molar-refractivity contribution in [3.05, 3.63) is 29.8 Å². The van der Waals surface area contributed by atoms with E-state index in [-0.39, 0.29) is 23.4 Å². The van der Waals surface area contributed by atoms with Crippen LogP contribution in [0.5, 0.6) is 5.75 Å². The molecule has 2 aliphatic heterocycles. The van der Waals surface area contributed by atoms with Crippen molar-refractivity contribution >= 4 is 16.1 Å². The van der Waals surface area contributed by atoms with E-state index in [0.717, 1.165) is 44.4 Å². The Balaban J connectivity index is 1.30. The second-order valence-corrected chi connectivity index (χ2v) is 10.6. The van der Waals surface area contributed by atoms with Crippen LogP contribution in [0, 0.1) is 0 Å². The third-order valence-electron chi connectivity index (χ3n) is 6.33. The molecular formula is C21H31N3O4S. The molecule has 0 aromatic heterocycles. The molecule has 2 saturated heterocycles. The third kappa shape index (κ3) is 4.69. The van der Waals surface area contributed by atoms with E-state index in [0.29, 0.717) is 25.9 Å². The van der Waals surface area contributed by atoms with Gasteiger partial charge in [0.25, 0.3) is 0 Å². The molecule has 7 nitrogen and oxygen atoms in total. The van der Waals surface area contributed by atoms with Gasteiger partial charge in [-0.3, -0.25) is 0 Å². The second-order valence-electron chi connectivity index (χ2n) is 8.41. The molecule has 0 bridgehead atoms. The van der Waals surface area contributed by atoms with Gasteiger partial charge in [0, 0.05) is 31.7 Å². The SMILES string of the molecule is COc1cccc(CC2CCCN2C(=O)NC2CCN(S(=O)(=O)C3CC3)CC2)c1. The van der Waals surface area contributed by atoms with Crippen molar-refractivity contribution in [2.75, 3.05) is 26.7 Å². The van der Waals surface area contributed by atoms with Crippen molar-refractivity contribution < 1.29 is 17.9 Å². The highest BCUT2D eigenvalue weighted by Crippen LogP contribution is 2.32. The average molecular weight is 422 g/mol. The maximum Gasteiger partial charge on any atom is 0.317 e. The number of rotatable bonds is 6. The molecule has 1 saturated carbocycles. The minimum atomic E-state index is -3.11. The number of likely N-dealkylation sites (tertiary alicyclic amines) is 1. The number of ether oxygens (including phenoxy) is 1. The molecule has 1 atom stereocenters. The van der Waals surface area contributed by atoms with Crippen LogP contribution in [0.3, 0.4) is 0 Å². The van der Waals surface area contributed by atoms with E-state index in [1.54, 1.807) is 11.4 Å². The van der Waals surface area contributed by atoms with Gasteiger partial charge in [0.05, 0.1) is 12.4 Å². The molecule has 8 heteroatoms. The lowest BCUT2D eigenvalue weighted by molar-refractivity contribution is 0.182. The monoisotopic (exact) mass is 421 g/mol. The lowest BCUT2D eigenvalue weighted by Gasteiger charge is -2.33. The van der Waals surface area contributed by atoms with Crippen molar-refractivity contribution in [1.29, 1.82) is 0 Å². The van der Waals surface area contributed by atoms with Crippen LogP contribution in [0.2, 0.25) is 0 Å². The number of methoxy groups -OCH3 is 1. The highest BCUT2D eigenvalue weighted by molar-refractivity contribution is 7.90. The molecule has 1 aromatic carbocycles. The first-order valence-corrected chi connectivity index (χ1v) is 12.2. The van der Waals surface area contributed by atoms with Gasteiger partial charge in [-0.2, -0.15) is 0 Å². The predicted molar refractivity (Wildman–Crippen MR) is 111 cm³/mol. The molecule has 4 rings (SSSR count). The molecule has 1 N–H and O–H groups in total. The molecule has 2 heterocycles. The standard InChI is InChI=1S/C21H31N3O4S/c1-28-19-6-2-4-16(15-19)14-18-5-3-11-24(18)21(25)22-17-9-12-23(13-10-17)29(26,27)20-7-8-20/h2,4,6,15,17-18,20H,3,5,7-14H2,1H3,(H,22,25). The van der Waals surface area contributed by atoms with E-state index in [9.17, 15) is 13.2 Å². The fraction of sp³-hybridized carbons (Fsp3) is 0.667. The van der Waals surface area contributed by atoms with Crippen molar-refractivity contribution in [3.63, 3.8) is 0 Å². The van der Waals surface area contributed by atoms with Crippen LogP contribution in [-0.4, -0.2) is 67.7 Å². The van der Waals surface area contributed by atoms with E-state index >= 15 is 0 Å². The summed E-state index contributed by atoms with van der Waals surface area (Å²) in [5.74, 6) is 0.837. The molecule has 1 unspecified atom stereocenters. The quantitative estimate of drug-likeness (QED) is 0.765. The Morgan fingerprint density at radius 3 is 2.59 bits per heavy atom. The number of benzene rings is 1. The van der Waals surface area contributed by atoms with Crippen LogP contribution in [-0.2, 0) is 16.4 Å². The van der Waals surface area contributed by atoms with Crippen LogP contribution in [0.15, 0.2) is 24.3 Å². The van der Waals surface area contributed by atoms with Crippen molar-refractivity contribution in [1.82, 2.24) is 14.5 Å². The lowest BCUT2D eigenvalue weighted by atomic mass is 10.0. The van der Waals surface area contributed by atoms with Gasteiger partial charge in [0.2, 0.25) is 10.0 Å². The van der Waals surface area contributed by atoms with Gasteiger partial charge in [-0.1, -0.05) is 12.1 Å². The summed E-state index contributed by atoms with van der Waals surface area (Å²) in [7, 11) is -1.44. The van der Waals surface area contributed by atoms with Crippen LogP contribution >= 0.6 is 0 Å². The molecule has 2 amide bonds. The third-order valence-corrected chi connectivity index (χ3v) is 8.73. The molecule has 160 valence electrons. The Kier molecular flexibility index (Phi) is 6.01. The predicted octanol–water partition coefficient (Wildman–Crippen LogP) is 2.37. The lowest BCUT2D eigenvalue weighted by Crippen LogP contribution is -2.51. The van der Waals surface area contributed by atoms with E-state index < -0.39 is 10.0 Å². The summed E-state index contributed by atoms with van der Waals surface area (Å²) in [4.78, 5) is 14.8. The van der Waals surface area contributed by atoms with Gasteiger partial charge in [-0.15, -0.1) is 0 Å². The first-order chi connectivity index (χ1) is 14.0. The smallest absolute Gasteiger partial charge is 0.317 e. The number of piperidine rings is 1. The van der Waals surface area contributed by atoms with Gasteiger partial charge in [0.1, 0.15) is 5.75 Å². The molecule has 0 spiro atoms. The minimum absolute atomic E-state index is 0.0149. The summed E-state index contributed by atoms with van der Waals surface area (Å²) in [6.45, 7) is 1.80. The van der Waals surface area contributed by atoms with Gasteiger partial charge in [-0.25, -0.2) is 17.5 Å². The van der Waals surface area contributed by atoms with Crippen molar-refractivity contribution in [3.8, 4) is 5.75 Å². The zero-order chi connectivity index (χ0) is 20.4. The number of amides is 2. The Morgan fingerprint density at radius 1 is 1.14 bits per heavy atom. The highest BCUT2D eigenvalue weighted by Gasteiger charge is 2.41. The number of nitrogens with zero attached hydrogens (tertiary/aromatic N) is 2. The minimum Gasteiger partial charge on any atom is -0.497 e. The summed E-state index contributed by atoms with van der Waals surface area (Å²) in [6, 6.07) is 8.25. The van der Waals surface area contributed by atoms with E-state index in [1.165, 1.54) is 5.56 Å². The second kappa shape index (κ2) is 8.52. The number of carbonyl (C=O) groups excluding carboxylic acids is 1. The zero-order valence-electron chi connectivity index (χ0n) is 17.0. The van der Waals surface area contributed by atoms with Crippen molar-refractivity contribution in [2.24, 2.45) is 0 Å². The number of hydrogen-bond donors (Lipinski definition) is 1. The van der Waals surface area contributed by atoms with E-state index in [2.05, 4.69) is 11.4 Å². The summed E-state index contributed by atoms with van der Waals surface area (Å²) < 4.78 is 31.7. The number of sulfonamides is 1. The zero-order valence-corrected chi connectivity index (χ0v) is 17.9. The average Bonchev–Trinajstić information content (AvgIpc) is 3.49.